The Labute approximate surface area is 165 Å². The molecular weight excluding hydrogens is 380 g/mol. The monoisotopic (exact) mass is 392 g/mol. The molecule has 3 aromatic rings. The zero-order valence-corrected chi connectivity index (χ0v) is 15.1. The molecule has 0 aliphatic carbocycles. The number of rotatable bonds is 5. The Kier molecular flexibility index (Phi) is 5.58. The van der Waals surface area contributed by atoms with Gasteiger partial charge >= 0.3 is 5.97 Å². The zero-order chi connectivity index (χ0) is 20.1. The molecule has 3 rings (SSSR count). The molecule has 0 unspecified atom stereocenters. The third kappa shape index (κ3) is 4.29. The van der Waals surface area contributed by atoms with Crippen molar-refractivity contribution in [1.29, 1.82) is 5.26 Å². The first-order chi connectivity index (χ1) is 13.5. The number of furan rings is 1. The lowest BCUT2D eigenvalue weighted by atomic mass is 10.1. The highest BCUT2D eigenvalue weighted by Crippen LogP contribution is 2.28. The Balaban J connectivity index is 1.82. The first kappa shape index (κ1) is 19.0. The maximum Gasteiger partial charge on any atom is 0.337 e. The summed E-state index contributed by atoms with van der Waals surface area (Å²) in [5.41, 5.74) is 1.01. The second kappa shape index (κ2) is 8.25. The molecule has 0 atom stereocenters. The number of amides is 1. The van der Waals surface area contributed by atoms with Gasteiger partial charge in [-0.25, -0.2) is 4.79 Å². The zero-order valence-electron chi connectivity index (χ0n) is 14.3. The van der Waals surface area contributed by atoms with Gasteiger partial charge in [0.1, 0.15) is 23.2 Å². The first-order valence-electron chi connectivity index (χ1n) is 8.09. The van der Waals surface area contributed by atoms with E-state index in [-0.39, 0.29) is 16.2 Å². The highest BCUT2D eigenvalue weighted by molar-refractivity contribution is 6.33. The van der Waals surface area contributed by atoms with Gasteiger partial charge in [-0.1, -0.05) is 35.9 Å². The van der Waals surface area contributed by atoms with E-state index in [0.29, 0.717) is 22.8 Å². The fourth-order valence-electron chi connectivity index (χ4n) is 2.44. The number of benzene rings is 2. The highest BCUT2D eigenvalue weighted by Gasteiger charge is 2.13. The molecule has 138 valence electrons. The van der Waals surface area contributed by atoms with Gasteiger partial charge in [0, 0.05) is 17.3 Å². The maximum absolute atomic E-state index is 12.3. The van der Waals surface area contributed by atoms with Crippen LogP contribution in [-0.2, 0) is 4.79 Å². The molecule has 7 heteroatoms. The number of para-hydroxylation sites is 1. The van der Waals surface area contributed by atoms with Crippen LogP contribution in [0.15, 0.2) is 70.7 Å². The predicted octanol–water partition coefficient (Wildman–Crippen LogP) is 4.84. The quantitative estimate of drug-likeness (QED) is 0.477. The molecule has 28 heavy (non-hydrogen) atoms. The molecule has 2 N–H and O–H groups in total. The van der Waals surface area contributed by atoms with Gasteiger partial charge in [0.25, 0.3) is 5.91 Å². The normalized spacial score (nSPS) is 10.9. The van der Waals surface area contributed by atoms with Crippen LogP contribution in [0.3, 0.4) is 0 Å². The largest absolute Gasteiger partial charge is 0.478 e. The number of carboxylic acids is 1. The number of hydrogen-bond donors (Lipinski definition) is 2. The van der Waals surface area contributed by atoms with Crippen LogP contribution in [0.4, 0.5) is 5.69 Å². The van der Waals surface area contributed by atoms with E-state index in [4.69, 9.17) is 21.1 Å². The van der Waals surface area contributed by atoms with Crippen LogP contribution in [0.2, 0.25) is 5.02 Å². The summed E-state index contributed by atoms with van der Waals surface area (Å²) in [6, 6.07) is 18.3. The summed E-state index contributed by atoms with van der Waals surface area (Å²) in [6.07, 6.45) is 1.33. The van der Waals surface area contributed by atoms with Crippen molar-refractivity contribution in [1.82, 2.24) is 0 Å². The maximum atomic E-state index is 12.3. The molecule has 0 bridgehead atoms. The lowest BCUT2D eigenvalue weighted by molar-refractivity contribution is -0.112. The van der Waals surface area contributed by atoms with E-state index in [1.807, 2.05) is 12.1 Å². The van der Waals surface area contributed by atoms with E-state index >= 15 is 0 Å². The number of carbonyl (C=O) groups is 2. The third-order valence-corrected chi connectivity index (χ3v) is 4.11. The number of hydrogen-bond acceptors (Lipinski definition) is 4. The van der Waals surface area contributed by atoms with Gasteiger partial charge < -0.3 is 14.8 Å². The summed E-state index contributed by atoms with van der Waals surface area (Å²) >= 11 is 5.98. The van der Waals surface area contributed by atoms with E-state index in [2.05, 4.69) is 5.32 Å². The molecule has 0 spiro atoms. The molecule has 6 nitrogen and oxygen atoms in total. The summed E-state index contributed by atoms with van der Waals surface area (Å²) in [7, 11) is 0. The van der Waals surface area contributed by atoms with Crippen molar-refractivity contribution in [2.75, 3.05) is 5.32 Å². The summed E-state index contributed by atoms with van der Waals surface area (Å²) in [6.45, 7) is 0. The van der Waals surface area contributed by atoms with Gasteiger partial charge in [-0.3, -0.25) is 4.79 Å². The first-order valence-corrected chi connectivity index (χ1v) is 8.47. The van der Waals surface area contributed by atoms with Crippen LogP contribution in [0.25, 0.3) is 17.4 Å². The number of aromatic carboxylic acids is 1. The molecule has 1 aromatic heterocycles. The van der Waals surface area contributed by atoms with Gasteiger partial charge in [0.2, 0.25) is 0 Å². The van der Waals surface area contributed by atoms with Crippen LogP contribution in [-0.4, -0.2) is 17.0 Å². The number of anilines is 1. The number of halogens is 1. The minimum Gasteiger partial charge on any atom is -0.478 e. The molecular formula is C21H13ClN2O4. The molecule has 0 fully saturated rings. The molecule has 0 aliphatic rings. The molecule has 1 amide bonds. The van der Waals surface area contributed by atoms with E-state index in [1.54, 1.807) is 42.5 Å². The second-order valence-electron chi connectivity index (χ2n) is 5.69. The fraction of sp³-hybridized carbons (Fsp3) is 0. The van der Waals surface area contributed by atoms with Crippen LogP contribution in [0, 0.1) is 11.3 Å². The second-order valence-corrected chi connectivity index (χ2v) is 6.10. The van der Waals surface area contributed by atoms with Crippen LogP contribution < -0.4 is 5.32 Å². The molecule has 2 aromatic carbocycles. The standard InChI is InChI=1S/C21H13ClN2O4/c22-18-11-13(6-8-17(18)21(26)27)19-9-7-16(28-19)10-14(12-23)20(25)24-15-4-2-1-3-5-15/h1-11H,(H,24,25)(H,26,27)/b14-10-. The molecule has 0 aliphatic heterocycles. The third-order valence-electron chi connectivity index (χ3n) is 3.79. The van der Waals surface area contributed by atoms with Crippen molar-refractivity contribution in [3.63, 3.8) is 0 Å². The number of nitrogens with one attached hydrogen (secondary N) is 1. The minimum atomic E-state index is -1.12. The van der Waals surface area contributed by atoms with Crippen molar-refractivity contribution in [3.8, 4) is 17.4 Å². The molecule has 1 heterocycles. The van der Waals surface area contributed by atoms with Crippen molar-refractivity contribution in [3.05, 3.63) is 82.6 Å². The Morgan fingerprint density at radius 2 is 1.86 bits per heavy atom. The highest BCUT2D eigenvalue weighted by atomic mass is 35.5. The Morgan fingerprint density at radius 3 is 2.50 bits per heavy atom. The van der Waals surface area contributed by atoms with Crippen LogP contribution >= 0.6 is 11.6 Å². The molecule has 0 radical (unpaired) electrons. The van der Waals surface area contributed by atoms with Crippen molar-refractivity contribution < 1.29 is 19.1 Å². The van der Waals surface area contributed by atoms with Gasteiger partial charge in [-0.05, 0) is 36.4 Å². The summed E-state index contributed by atoms with van der Waals surface area (Å²) < 4.78 is 5.64. The fourth-order valence-corrected chi connectivity index (χ4v) is 2.70. The van der Waals surface area contributed by atoms with E-state index in [1.165, 1.54) is 18.2 Å². The van der Waals surface area contributed by atoms with Gasteiger partial charge in [0.05, 0.1) is 10.6 Å². The van der Waals surface area contributed by atoms with Crippen LogP contribution in [0.5, 0.6) is 0 Å². The van der Waals surface area contributed by atoms with Crippen molar-refractivity contribution >= 4 is 35.2 Å². The Hall–Kier alpha value is -3.82. The lowest BCUT2D eigenvalue weighted by Gasteiger charge is -2.03. The summed E-state index contributed by atoms with van der Waals surface area (Å²) in [4.78, 5) is 23.3. The topological polar surface area (TPSA) is 103 Å². The smallest absolute Gasteiger partial charge is 0.337 e. The average molecular weight is 393 g/mol. The lowest BCUT2D eigenvalue weighted by Crippen LogP contribution is -2.13. The minimum absolute atomic E-state index is 0.0126. The average Bonchev–Trinajstić information content (AvgIpc) is 3.15. The van der Waals surface area contributed by atoms with E-state index in [0.717, 1.165) is 0 Å². The van der Waals surface area contributed by atoms with E-state index < -0.39 is 11.9 Å². The molecule has 0 saturated heterocycles. The molecule has 0 saturated carbocycles. The van der Waals surface area contributed by atoms with Crippen molar-refractivity contribution in [2.45, 2.75) is 0 Å². The number of nitrogens with zero attached hydrogens (tertiary/aromatic N) is 1. The Morgan fingerprint density at radius 1 is 1.11 bits per heavy atom. The number of carbonyl (C=O) groups excluding carboxylic acids is 1. The van der Waals surface area contributed by atoms with Gasteiger partial charge in [-0.2, -0.15) is 5.26 Å². The summed E-state index contributed by atoms with van der Waals surface area (Å²) in [5.74, 6) is -0.956. The van der Waals surface area contributed by atoms with Crippen LogP contribution in [0.1, 0.15) is 16.1 Å². The SMILES string of the molecule is N#C/C(=C/c1ccc(-c2ccc(C(=O)O)c(Cl)c2)o1)C(=O)Nc1ccccc1. The van der Waals surface area contributed by atoms with E-state index in [9.17, 15) is 14.9 Å². The number of carboxylic acid groups (broad SMARTS) is 1. The van der Waals surface area contributed by atoms with Crippen molar-refractivity contribution in [2.24, 2.45) is 0 Å². The summed E-state index contributed by atoms with van der Waals surface area (Å²) in [5, 5.41) is 21.0. The number of nitriles is 1. The van der Waals surface area contributed by atoms with Gasteiger partial charge in [-0.15, -0.1) is 0 Å². The Bertz CT molecular complexity index is 1110. The predicted molar refractivity (Wildman–Crippen MR) is 105 cm³/mol. The van der Waals surface area contributed by atoms with Gasteiger partial charge in [0.15, 0.2) is 0 Å².